The van der Waals surface area contributed by atoms with Crippen LogP contribution in [0, 0.1) is 0 Å². The molecule has 5 heteroatoms. The summed E-state index contributed by atoms with van der Waals surface area (Å²) in [4.78, 5) is 16.3. The van der Waals surface area contributed by atoms with Gasteiger partial charge < -0.3 is 19.9 Å². The van der Waals surface area contributed by atoms with Gasteiger partial charge in [-0.3, -0.25) is 4.79 Å². The zero-order valence-corrected chi connectivity index (χ0v) is 12.9. The fourth-order valence-electron chi connectivity index (χ4n) is 1.94. The van der Waals surface area contributed by atoms with Crippen LogP contribution in [-0.2, 0) is 9.53 Å². The van der Waals surface area contributed by atoms with Gasteiger partial charge in [-0.2, -0.15) is 0 Å². The number of carbonyl (C=O) groups excluding carboxylic acids is 1. The molecule has 1 amide bonds. The van der Waals surface area contributed by atoms with E-state index < -0.39 is 0 Å². The van der Waals surface area contributed by atoms with Crippen molar-refractivity contribution >= 4 is 5.91 Å². The molecule has 19 heavy (non-hydrogen) atoms. The van der Waals surface area contributed by atoms with Gasteiger partial charge in [0.15, 0.2) is 0 Å². The molecule has 0 aromatic heterocycles. The van der Waals surface area contributed by atoms with Crippen molar-refractivity contribution in [2.75, 3.05) is 52.9 Å². The molecule has 1 rings (SSSR count). The van der Waals surface area contributed by atoms with Gasteiger partial charge in [-0.25, -0.2) is 0 Å². The number of hydrogen-bond acceptors (Lipinski definition) is 4. The maximum Gasteiger partial charge on any atom is 0.246 e. The van der Waals surface area contributed by atoms with Crippen LogP contribution in [-0.4, -0.2) is 74.2 Å². The van der Waals surface area contributed by atoms with Gasteiger partial charge in [-0.1, -0.05) is 0 Å². The first-order chi connectivity index (χ1) is 8.87. The van der Waals surface area contributed by atoms with E-state index in [9.17, 15) is 4.79 Å². The zero-order valence-electron chi connectivity index (χ0n) is 12.9. The highest BCUT2D eigenvalue weighted by Gasteiger charge is 2.14. The second-order valence-corrected chi connectivity index (χ2v) is 6.25. The molecule has 0 bridgehead atoms. The number of carbonyl (C=O) groups is 1. The Morgan fingerprint density at radius 1 is 1.21 bits per heavy atom. The average Bonchev–Trinajstić information content (AvgIpc) is 2.33. The van der Waals surface area contributed by atoms with Gasteiger partial charge in [0.2, 0.25) is 5.91 Å². The quantitative estimate of drug-likeness (QED) is 0.717. The lowest BCUT2D eigenvalue weighted by Gasteiger charge is -2.32. The van der Waals surface area contributed by atoms with Gasteiger partial charge in [0.05, 0.1) is 5.60 Å². The van der Waals surface area contributed by atoms with Crippen LogP contribution in [0.3, 0.4) is 0 Å². The van der Waals surface area contributed by atoms with Crippen molar-refractivity contribution in [3.05, 3.63) is 0 Å². The molecule has 0 aliphatic carbocycles. The lowest BCUT2D eigenvalue weighted by molar-refractivity contribution is -0.130. The second kappa shape index (κ2) is 7.82. The highest BCUT2D eigenvalue weighted by molar-refractivity contribution is 5.77. The summed E-state index contributed by atoms with van der Waals surface area (Å²) < 4.78 is 5.42. The molecule has 1 fully saturated rings. The third-order valence-electron chi connectivity index (χ3n) is 3.21. The summed E-state index contributed by atoms with van der Waals surface area (Å²) in [5.74, 6) is -0.0201. The number of rotatable bonds is 6. The van der Waals surface area contributed by atoms with Crippen LogP contribution in [0.5, 0.6) is 0 Å². The van der Waals surface area contributed by atoms with Gasteiger partial charge >= 0.3 is 0 Å². The summed E-state index contributed by atoms with van der Waals surface area (Å²) >= 11 is 0. The Kier molecular flexibility index (Phi) is 6.75. The molecule has 112 valence electrons. The van der Waals surface area contributed by atoms with Gasteiger partial charge in [0, 0.05) is 32.7 Å². The van der Waals surface area contributed by atoms with E-state index in [2.05, 4.69) is 22.2 Å². The van der Waals surface area contributed by atoms with Crippen molar-refractivity contribution in [1.29, 1.82) is 0 Å². The molecule has 1 aliphatic rings. The number of hydrogen-bond donors (Lipinski definition) is 1. The predicted octanol–water partition coefficient (Wildman–Crippen LogP) is 0.555. The number of likely N-dealkylation sites (N-methyl/N-ethyl adjacent to an activating group) is 1. The predicted molar refractivity (Wildman–Crippen MR) is 77.3 cm³/mol. The molecular formula is C14H29N3O2. The van der Waals surface area contributed by atoms with E-state index in [0.717, 1.165) is 45.7 Å². The van der Waals surface area contributed by atoms with Crippen molar-refractivity contribution in [2.45, 2.75) is 32.8 Å². The van der Waals surface area contributed by atoms with E-state index in [1.165, 1.54) is 0 Å². The Morgan fingerprint density at radius 2 is 1.84 bits per heavy atom. The van der Waals surface area contributed by atoms with Gasteiger partial charge in [0.1, 0.15) is 6.61 Å². The molecule has 1 saturated heterocycles. The Labute approximate surface area is 117 Å². The third-order valence-corrected chi connectivity index (χ3v) is 3.21. The molecule has 0 saturated carbocycles. The Hall–Kier alpha value is -0.650. The second-order valence-electron chi connectivity index (χ2n) is 6.25. The summed E-state index contributed by atoms with van der Waals surface area (Å²) in [6.45, 7) is 12.4. The lowest BCUT2D eigenvalue weighted by Crippen LogP contribution is -2.45. The van der Waals surface area contributed by atoms with Crippen LogP contribution in [0.4, 0.5) is 0 Å². The average molecular weight is 271 g/mol. The first kappa shape index (κ1) is 16.4. The minimum absolute atomic E-state index is 0.0201. The van der Waals surface area contributed by atoms with Crippen LogP contribution in [0.1, 0.15) is 27.2 Å². The van der Waals surface area contributed by atoms with E-state index in [0.29, 0.717) is 0 Å². The SMILES string of the molecule is CN1CCN(CCCNC(=O)COC(C)(C)C)CC1. The maximum absolute atomic E-state index is 11.5. The fraction of sp³-hybridized carbons (Fsp3) is 0.929. The van der Waals surface area contributed by atoms with Crippen LogP contribution < -0.4 is 5.32 Å². The molecule has 0 aromatic rings. The summed E-state index contributed by atoms with van der Waals surface area (Å²) in [5.41, 5.74) is -0.253. The molecule has 5 nitrogen and oxygen atoms in total. The third kappa shape index (κ3) is 8.18. The van der Waals surface area contributed by atoms with Crippen LogP contribution in [0.2, 0.25) is 0 Å². The van der Waals surface area contributed by atoms with E-state index in [-0.39, 0.29) is 18.1 Å². The summed E-state index contributed by atoms with van der Waals surface area (Å²) in [7, 11) is 2.16. The van der Waals surface area contributed by atoms with Gasteiger partial charge in [0.25, 0.3) is 0 Å². The largest absolute Gasteiger partial charge is 0.366 e. The highest BCUT2D eigenvalue weighted by Crippen LogP contribution is 2.05. The number of nitrogens with zero attached hydrogens (tertiary/aromatic N) is 2. The van der Waals surface area contributed by atoms with Crippen molar-refractivity contribution < 1.29 is 9.53 Å². The maximum atomic E-state index is 11.5. The molecule has 1 N–H and O–H groups in total. The molecule has 0 radical (unpaired) electrons. The summed E-state index contributed by atoms with van der Waals surface area (Å²) in [6, 6.07) is 0. The smallest absolute Gasteiger partial charge is 0.246 e. The number of nitrogens with one attached hydrogen (secondary N) is 1. The number of piperazine rings is 1. The van der Waals surface area contributed by atoms with Crippen molar-refractivity contribution in [2.24, 2.45) is 0 Å². The van der Waals surface area contributed by atoms with Gasteiger partial charge in [-0.15, -0.1) is 0 Å². The lowest BCUT2D eigenvalue weighted by atomic mass is 10.2. The molecular weight excluding hydrogens is 242 g/mol. The van der Waals surface area contributed by atoms with E-state index >= 15 is 0 Å². The minimum atomic E-state index is -0.253. The van der Waals surface area contributed by atoms with E-state index in [1.807, 2.05) is 20.8 Å². The Balaban J connectivity index is 2.00. The fourth-order valence-corrected chi connectivity index (χ4v) is 1.94. The van der Waals surface area contributed by atoms with E-state index in [1.54, 1.807) is 0 Å². The molecule has 0 unspecified atom stereocenters. The summed E-state index contributed by atoms with van der Waals surface area (Å²) in [5, 5.41) is 2.90. The minimum Gasteiger partial charge on any atom is -0.366 e. The normalized spacial score (nSPS) is 18.5. The topological polar surface area (TPSA) is 44.8 Å². The van der Waals surface area contributed by atoms with Crippen molar-refractivity contribution in [3.8, 4) is 0 Å². The van der Waals surface area contributed by atoms with Gasteiger partial charge in [-0.05, 0) is 40.8 Å². The first-order valence-electron chi connectivity index (χ1n) is 7.18. The van der Waals surface area contributed by atoms with Crippen molar-refractivity contribution in [3.63, 3.8) is 0 Å². The van der Waals surface area contributed by atoms with E-state index in [4.69, 9.17) is 4.74 Å². The number of amides is 1. The Bertz CT molecular complexity index is 268. The monoisotopic (exact) mass is 271 g/mol. The molecule has 1 aliphatic heterocycles. The molecule has 0 aromatic carbocycles. The molecule has 1 heterocycles. The molecule has 0 atom stereocenters. The van der Waals surface area contributed by atoms with Crippen LogP contribution >= 0.6 is 0 Å². The molecule has 0 spiro atoms. The standard InChI is InChI=1S/C14H29N3O2/c1-14(2,3)19-12-13(18)15-6-5-7-17-10-8-16(4)9-11-17/h5-12H2,1-4H3,(H,15,18). The van der Waals surface area contributed by atoms with Crippen LogP contribution in [0.15, 0.2) is 0 Å². The van der Waals surface area contributed by atoms with Crippen molar-refractivity contribution in [1.82, 2.24) is 15.1 Å². The Morgan fingerprint density at radius 3 is 2.42 bits per heavy atom. The van der Waals surface area contributed by atoms with Crippen LogP contribution in [0.25, 0.3) is 0 Å². The summed E-state index contributed by atoms with van der Waals surface area (Å²) in [6.07, 6.45) is 1.00. The zero-order chi connectivity index (χ0) is 14.3. The highest BCUT2D eigenvalue weighted by atomic mass is 16.5. The first-order valence-corrected chi connectivity index (χ1v) is 7.18. The number of ether oxygens (including phenoxy) is 1.